The Morgan fingerprint density at radius 3 is 3.00 bits per heavy atom. The zero-order chi connectivity index (χ0) is 11.4. The van der Waals surface area contributed by atoms with Gasteiger partial charge in [-0.25, -0.2) is 0 Å². The highest BCUT2D eigenvalue weighted by Crippen LogP contribution is 2.16. The summed E-state index contributed by atoms with van der Waals surface area (Å²) in [7, 11) is 2.21. The summed E-state index contributed by atoms with van der Waals surface area (Å²) in [5.74, 6) is 0.748. The van der Waals surface area contributed by atoms with Gasteiger partial charge in [0.15, 0.2) is 0 Å². The summed E-state index contributed by atoms with van der Waals surface area (Å²) in [5, 5.41) is 3.68. The minimum atomic E-state index is 0.386. The number of piperidine rings is 1. The first-order chi connectivity index (χ1) is 7.75. The lowest BCUT2D eigenvalue weighted by Gasteiger charge is -2.36. The molecule has 1 saturated heterocycles. The van der Waals surface area contributed by atoms with Crippen molar-refractivity contribution in [2.45, 2.75) is 38.3 Å². The average Bonchev–Trinajstić information content (AvgIpc) is 2.29. The number of hydrogen-bond donors (Lipinski definition) is 1. The molecule has 0 saturated carbocycles. The minimum Gasteiger partial charge on any atom is -0.497 e. The lowest BCUT2D eigenvalue weighted by Crippen LogP contribution is -2.48. The molecule has 0 amide bonds. The van der Waals surface area contributed by atoms with Gasteiger partial charge in [-0.05, 0) is 44.8 Å². The van der Waals surface area contributed by atoms with Gasteiger partial charge < -0.3 is 15.0 Å². The summed E-state index contributed by atoms with van der Waals surface area (Å²) >= 11 is 0. The van der Waals surface area contributed by atoms with Gasteiger partial charge in [0.1, 0.15) is 6.10 Å². The van der Waals surface area contributed by atoms with E-state index in [-0.39, 0.29) is 0 Å². The van der Waals surface area contributed by atoms with Crippen molar-refractivity contribution in [3.05, 3.63) is 12.3 Å². The molecule has 3 nitrogen and oxygen atoms in total. The van der Waals surface area contributed by atoms with E-state index in [0.29, 0.717) is 12.1 Å². The SMILES string of the molecule is CC1CN(C)CCC1NCC1CCC=CO1. The molecular formula is C13H24N2O. The van der Waals surface area contributed by atoms with Gasteiger partial charge in [0, 0.05) is 19.1 Å². The van der Waals surface area contributed by atoms with Gasteiger partial charge in [-0.15, -0.1) is 0 Å². The second kappa shape index (κ2) is 5.69. The highest BCUT2D eigenvalue weighted by molar-refractivity contribution is 4.86. The molecule has 16 heavy (non-hydrogen) atoms. The fourth-order valence-corrected chi connectivity index (χ4v) is 2.68. The van der Waals surface area contributed by atoms with Gasteiger partial charge in [0.05, 0.1) is 6.26 Å². The van der Waals surface area contributed by atoms with Gasteiger partial charge in [0.25, 0.3) is 0 Å². The van der Waals surface area contributed by atoms with Crippen molar-refractivity contribution in [1.82, 2.24) is 10.2 Å². The molecular weight excluding hydrogens is 200 g/mol. The van der Waals surface area contributed by atoms with E-state index in [4.69, 9.17) is 4.74 Å². The first-order valence-electron chi connectivity index (χ1n) is 6.48. The summed E-state index contributed by atoms with van der Waals surface area (Å²) in [5.41, 5.74) is 0. The largest absolute Gasteiger partial charge is 0.497 e. The molecule has 0 aromatic rings. The van der Waals surface area contributed by atoms with Crippen molar-refractivity contribution >= 4 is 0 Å². The van der Waals surface area contributed by atoms with Crippen LogP contribution < -0.4 is 5.32 Å². The van der Waals surface area contributed by atoms with Crippen molar-refractivity contribution < 1.29 is 4.74 Å². The van der Waals surface area contributed by atoms with E-state index < -0.39 is 0 Å². The van der Waals surface area contributed by atoms with E-state index in [1.54, 1.807) is 0 Å². The molecule has 0 aromatic heterocycles. The quantitative estimate of drug-likeness (QED) is 0.788. The zero-order valence-corrected chi connectivity index (χ0v) is 10.5. The molecule has 0 spiro atoms. The Labute approximate surface area is 98.8 Å². The van der Waals surface area contributed by atoms with E-state index >= 15 is 0 Å². The fourth-order valence-electron chi connectivity index (χ4n) is 2.68. The molecule has 0 aromatic carbocycles. The second-order valence-corrected chi connectivity index (χ2v) is 5.25. The van der Waals surface area contributed by atoms with Crippen molar-refractivity contribution in [2.24, 2.45) is 5.92 Å². The number of allylic oxidation sites excluding steroid dienone is 1. The summed E-state index contributed by atoms with van der Waals surface area (Å²) in [6.07, 6.45) is 7.93. The lowest BCUT2D eigenvalue weighted by atomic mass is 9.94. The number of ether oxygens (including phenoxy) is 1. The molecule has 1 N–H and O–H groups in total. The fraction of sp³-hybridized carbons (Fsp3) is 0.846. The molecule has 3 unspecified atom stereocenters. The Kier molecular flexibility index (Phi) is 4.24. The summed E-state index contributed by atoms with van der Waals surface area (Å²) < 4.78 is 5.57. The highest BCUT2D eigenvalue weighted by Gasteiger charge is 2.24. The number of hydrogen-bond acceptors (Lipinski definition) is 3. The predicted octanol–water partition coefficient (Wildman–Crippen LogP) is 1.61. The summed E-state index contributed by atoms with van der Waals surface area (Å²) in [6, 6.07) is 0.672. The van der Waals surface area contributed by atoms with E-state index in [0.717, 1.165) is 25.3 Å². The third-order valence-electron chi connectivity index (χ3n) is 3.74. The van der Waals surface area contributed by atoms with E-state index in [1.807, 2.05) is 6.26 Å². The molecule has 2 aliphatic rings. The van der Waals surface area contributed by atoms with Crippen LogP contribution in [0.4, 0.5) is 0 Å². The first kappa shape index (κ1) is 11.9. The van der Waals surface area contributed by atoms with Crippen LogP contribution in [-0.4, -0.2) is 43.7 Å². The molecule has 92 valence electrons. The van der Waals surface area contributed by atoms with Gasteiger partial charge in [0.2, 0.25) is 0 Å². The number of likely N-dealkylation sites (tertiary alicyclic amines) is 1. The van der Waals surface area contributed by atoms with Crippen LogP contribution in [0.2, 0.25) is 0 Å². The Morgan fingerprint density at radius 1 is 1.44 bits per heavy atom. The maximum Gasteiger partial charge on any atom is 0.110 e. The standard InChI is InChI=1S/C13H24N2O/c1-11-10-15(2)7-6-13(11)14-9-12-5-3-4-8-16-12/h4,8,11-14H,3,5-7,9-10H2,1-2H3. The van der Waals surface area contributed by atoms with Crippen LogP contribution in [0.25, 0.3) is 0 Å². The molecule has 2 rings (SSSR count). The van der Waals surface area contributed by atoms with Gasteiger partial charge >= 0.3 is 0 Å². The Hall–Kier alpha value is -0.540. The van der Waals surface area contributed by atoms with Crippen LogP contribution in [0.5, 0.6) is 0 Å². The highest BCUT2D eigenvalue weighted by atomic mass is 16.5. The number of rotatable bonds is 3. The van der Waals surface area contributed by atoms with E-state index in [1.165, 1.54) is 19.5 Å². The molecule has 2 heterocycles. The van der Waals surface area contributed by atoms with Crippen molar-refractivity contribution in [1.29, 1.82) is 0 Å². The Balaban J connectivity index is 1.70. The smallest absolute Gasteiger partial charge is 0.110 e. The zero-order valence-electron chi connectivity index (χ0n) is 10.5. The first-order valence-corrected chi connectivity index (χ1v) is 6.48. The number of nitrogens with one attached hydrogen (secondary N) is 1. The number of nitrogens with zero attached hydrogens (tertiary/aromatic N) is 1. The van der Waals surface area contributed by atoms with Gasteiger partial charge in [-0.3, -0.25) is 0 Å². The molecule has 0 bridgehead atoms. The average molecular weight is 224 g/mol. The Bertz CT molecular complexity index is 242. The molecule has 3 atom stereocenters. The molecule has 0 aliphatic carbocycles. The second-order valence-electron chi connectivity index (χ2n) is 5.25. The molecule has 3 heteroatoms. The summed E-state index contributed by atoms with van der Waals surface area (Å²) in [4.78, 5) is 2.42. The minimum absolute atomic E-state index is 0.386. The Morgan fingerprint density at radius 2 is 2.31 bits per heavy atom. The molecule has 1 fully saturated rings. The molecule has 0 radical (unpaired) electrons. The third-order valence-corrected chi connectivity index (χ3v) is 3.74. The van der Waals surface area contributed by atoms with Gasteiger partial charge in [-0.2, -0.15) is 0 Å². The van der Waals surface area contributed by atoms with E-state index in [2.05, 4.69) is 30.3 Å². The third kappa shape index (κ3) is 3.22. The van der Waals surface area contributed by atoms with Crippen LogP contribution in [0, 0.1) is 5.92 Å². The van der Waals surface area contributed by atoms with Crippen LogP contribution in [-0.2, 0) is 4.74 Å². The van der Waals surface area contributed by atoms with Gasteiger partial charge in [-0.1, -0.05) is 6.92 Å². The van der Waals surface area contributed by atoms with Crippen molar-refractivity contribution in [3.63, 3.8) is 0 Å². The van der Waals surface area contributed by atoms with Crippen molar-refractivity contribution in [2.75, 3.05) is 26.7 Å². The van der Waals surface area contributed by atoms with E-state index in [9.17, 15) is 0 Å². The summed E-state index contributed by atoms with van der Waals surface area (Å²) in [6.45, 7) is 5.77. The normalized spacial score (nSPS) is 36.0. The van der Waals surface area contributed by atoms with Crippen LogP contribution in [0.3, 0.4) is 0 Å². The van der Waals surface area contributed by atoms with Crippen molar-refractivity contribution in [3.8, 4) is 0 Å². The van der Waals surface area contributed by atoms with Crippen LogP contribution >= 0.6 is 0 Å². The molecule has 2 aliphatic heterocycles. The monoisotopic (exact) mass is 224 g/mol. The predicted molar refractivity (Wildman–Crippen MR) is 66.3 cm³/mol. The maximum absolute atomic E-state index is 5.57. The topological polar surface area (TPSA) is 24.5 Å². The van der Waals surface area contributed by atoms with Crippen LogP contribution in [0.1, 0.15) is 26.2 Å². The lowest BCUT2D eigenvalue weighted by molar-refractivity contribution is 0.105. The van der Waals surface area contributed by atoms with Crippen LogP contribution in [0.15, 0.2) is 12.3 Å². The maximum atomic E-state index is 5.57.